The van der Waals surface area contributed by atoms with Crippen LogP contribution in [0.5, 0.6) is 0 Å². The SMILES string of the molecule is CC1CC1c1onc(N)c1-c1cccs1. The molecule has 0 aliphatic heterocycles. The molecule has 4 heteroatoms. The van der Waals surface area contributed by atoms with Crippen LogP contribution in [0, 0.1) is 5.92 Å². The third-order valence-electron chi connectivity index (χ3n) is 2.96. The van der Waals surface area contributed by atoms with Gasteiger partial charge in [0, 0.05) is 10.8 Å². The molecular formula is C11H12N2OS. The Kier molecular flexibility index (Phi) is 1.85. The number of thiophene rings is 1. The van der Waals surface area contributed by atoms with Crippen LogP contribution in [-0.4, -0.2) is 5.16 Å². The Hall–Kier alpha value is -1.29. The van der Waals surface area contributed by atoms with Crippen LogP contribution in [0.25, 0.3) is 10.4 Å². The van der Waals surface area contributed by atoms with Gasteiger partial charge in [-0.15, -0.1) is 11.3 Å². The van der Waals surface area contributed by atoms with E-state index in [0.717, 1.165) is 16.2 Å². The molecule has 3 rings (SSSR count). The van der Waals surface area contributed by atoms with E-state index in [1.807, 2.05) is 11.4 Å². The van der Waals surface area contributed by atoms with Crippen LogP contribution in [0.3, 0.4) is 0 Å². The number of nitrogens with two attached hydrogens (primary N) is 1. The average Bonchev–Trinajstić information content (AvgIpc) is 2.70. The number of hydrogen-bond acceptors (Lipinski definition) is 4. The van der Waals surface area contributed by atoms with E-state index in [2.05, 4.69) is 18.1 Å². The van der Waals surface area contributed by atoms with Gasteiger partial charge in [-0.3, -0.25) is 0 Å². The summed E-state index contributed by atoms with van der Waals surface area (Å²) in [6, 6.07) is 4.08. The van der Waals surface area contributed by atoms with Crippen molar-refractivity contribution in [2.75, 3.05) is 5.73 Å². The summed E-state index contributed by atoms with van der Waals surface area (Å²) in [6.45, 7) is 2.22. The molecule has 2 heterocycles. The summed E-state index contributed by atoms with van der Waals surface area (Å²) >= 11 is 1.68. The van der Waals surface area contributed by atoms with Crippen molar-refractivity contribution in [2.45, 2.75) is 19.3 Å². The standard InChI is InChI=1S/C11H12N2OS/c1-6-5-7(6)10-9(11(12)13-14-10)8-3-2-4-15-8/h2-4,6-7H,5H2,1H3,(H2,12,13). The molecule has 3 nitrogen and oxygen atoms in total. The van der Waals surface area contributed by atoms with E-state index in [1.165, 1.54) is 6.42 Å². The van der Waals surface area contributed by atoms with Crippen LogP contribution in [0.4, 0.5) is 5.82 Å². The second-order valence-electron chi connectivity index (χ2n) is 4.10. The Balaban J connectivity index is 2.09. The molecule has 2 aromatic heterocycles. The zero-order valence-electron chi connectivity index (χ0n) is 8.43. The highest BCUT2D eigenvalue weighted by Gasteiger charge is 2.40. The Labute approximate surface area is 91.9 Å². The highest BCUT2D eigenvalue weighted by atomic mass is 32.1. The minimum atomic E-state index is 0.520. The second-order valence-corrected chi connectivity index (χ2v) is 5.05. The lowest BCUT2D eigenvalue weighted by Crippen LogP contribution is -1.88. The zero-order valence-corrected chi connectivity index (χ0v) is 9.25. The van der Waals surface area contributed by atoms with Crippen LogP contribution >= 0.6 is 11.3 Å². The minimum Gasteiger partial charge on any atom is -0.380 e. The molecular weight excluding hydrogens is 208 g/mol. The predicted octanol–water partition coefficient (Wildman–Crippen LogP) is 3.11. The van der Waals surface area contributed by atoms with Crippen LogP contribution in [0.15, 0.2) is 22.0 Å². The Bertz CT molecular complexity index is 475. The van der Waals surface area contributed by atoms with Crippen molar-refractivity contribution in [3.8, 4) is 10.4 Å². The average molecular weight is 220 g/mol. The van der Waals surface area contributed by atoms with Crippen molar-refractivity contribution in [1.29, 1.82) is 0 Å². The van der Waals surface area contributed by atoms with Crippen LogP contribution in [0.1, 0.15) is 25.0 Å². The van der Waals surface area contributed by atoms with Crippen molar-refractivity contribution in [3.63, 3.8) is 0 Å². The number of anilines is 1. The summed E-state index contributed by atoms with van der Waals surface area (Å²) < 4.78 is 5.35. The third kappa shape index (κ3) is 1.36. The van der Waals surface area contributed by atoms with Crippen molar-refractivity contribution in [2.24, 2.45) is 5.92 Å². The Morgan fingerprint density at radius 1 is 1.60 bits per heavy atom. The highest BCUT2D eigenvalue weighted by Crippen LogP contribution is 2.51. The monoisotopic (exact) mass is 220 g/mol. The van der Waals surface area contributed by atoms with Gasteiger partial charge in [0.25, 0.3) is 0 Å². The summed E-state index contributed by atoms with van der Waals surface area (Å²) in [7, 11) is 0. The molecule has 0 amide bonds. The molecule has 78 valence electrons. The van der Waals surface area contributed by atoms with Crippen LogP contribution < -0.4 is 5.73 Å². The number of nitrogens with zero attached hydrogens (tertiary/aromatic N) is 1. The molecule has 1 aliphatic rings. The number of aromatic nitrogens is 1. The number of nitrogen functional groups attached to an aromatic ring is 1. The van der Waals surface area contributed by atoms with E-state index < -0.39 is 0 Å². The quantitative estimate of drug-likeness (QED) is 0.846. The van der Waals surface area contributed by atoms with E-state index in [0.29, 0.717) is 17.7 Å². The molecule has 2 N–H and O–H groups in total. The summed E-state index contributed by atoms with van der Waals surface area (Å²) in [6.07, 6.45) is 1.19. The Morgan fingerprint density at radius 3 is 3.00 bits per heavy atom. The normalized spacial score (nSPS) is 24.3. The number of rotatable bonds is 2. The van der Waals surface area contributed by atoms with Gasteiger partial charge in [0.1, 0.15) is 0 Å². The maximum Gasteiger partial charge on any atom is 0.175 e. The molecule has 1 aliphatic carbocycles. The van der Waals surface area contributed by atoms with E-state index >= 15 is 0 Å². The lowest BCUT2D eigenvalue weighted by Gasteiger charge is -1.97. The van der Waals surface area contributed by atoms with E-state index in [1.54, 1.807) is 11.3 Å². The van der Waals surface area contributed by atoms with Crippen molar-refractivity contribution < 1.29 is 4.52 Å². The second kappa shape index (κ2) is 3.10. The lowest BCUT2D eigenvalue weighted by atomic mass is 10.1. The van der Waals surface area contributed by atoms with Crippen molar-refractivity contribution in [3.05, 3.63) is 23.3 Å². The van der Waals surface area contributed by atoms with E-state index in [-0.39, 0.29) is 0 Å². The van der Waals surface area contributed by atoms with Gasteiger partial charge in [-0.25, -0.2) is 0 Å². The van der Waals surface area contributed by atoms with Gasteiger partial charge >= 0.3 is 0 Å². The van der Waals surface area contributed by atoms with Gasteiger partial charge in [0.15, 0.2) is 11.6 Å². The smallest absolute Gasteiger partial charge is 0.175 e. The van der Waals surface area contributed by atoms with Gasteiger partial charge in [0.2, 0.25) is 0 Å². The summed E-state index contributed by atoms with van der Waals surface area (Å²) in [5.74, 6) is 2.72. The maximum absolute atomic E-state index is 5.85. The first-order valence-electron chi connectivity index (χ1n) is 5.06. The fraction of sp³-hybridized carbons (Fsp3) is 0.364. The van der Waals surface area contributed by atoms with Gasteiger partial charge in [0.05, 0.1) is 5.56 Å². The number of hydrogen-bond donors (Lipinski definition) is 1. The predicted molar refractivity (Wildman–Crippen MR) is 60.8 cm³/mol. The molecule has 0 saturated heterocycles. The van der Waals surface area contributed by atoms with Crippen molar-refractivity contribution >= 4 is 17.2 Å². The highest BCUT2D eigenvalue weighted by molar-refractivity contribution is 7.13. The van der Waals surface area contributed by atoms with Gasteiger partial charge in [-0.2, -0.15) is 0 Å². The van der Waals surface area contributed by atoms with Crippen LogP contribution in [0.2, 0.25) is 0 Å². The molecule has 1 saturated carbocycles. The lowest BCUT2D eigenvalue weighted by molar-refractivity contribution is 0.384. The first-order valence-corrected chi connectivity index (χ1v) is 5.94. The topological polar surface area (TPSA) is 52.0 Å². The largest absolute Gasteiger partial charge is 0.380 e. The summed E-state index contributed by atoms with van der Waals surface area (Å²) in [5.41, 5.74) is 6.86. The van der Waals surface area contributed by atoms with E-state index in [9.17, 15) is 0 Å². The van der Waals surface area contributed by atoms with Crippen LogP contribution in [-0.2, 0) is 0 Å². The molecule has 2 aromatic rings. The molecule has 15 heavy (non-hydrogen) atoms. The fourth-order valence-electron chi connectivity index (χ4n) is 1.92. The third-order valence-corrected chi connectivity index (χ3v) is 3.85. The summed E-state index contributed by atoms with van der Waals surface area (Å²) in [4.78, 5) is 1.16. The molecule has 2 unspecified atom stereocenters. The van der Waals surface area contributed by atoms with Gasteiger partial charge in [-0.05, 0) is 23.8 Å². The molecule has 0 radical (unpaired) electrons. The van der Waals surface area contributed by atoms with Crippen molar-refractivity contribution in [1.82, 2.24) is 5.16 Å². The molecule has 0 bridgehead atoms. The molecule has 0 aromatic carbocycles. The van der Waals surface area contributed by atoms with Gasteiger partial charge in [-0.1, -0.05) is 18.1 Å². The molecule has 2 atom stereocenters. The minimum absolute atomic E-state index is 0.520. The van der Waals surface area contributed by atoms with E-state index in [4.69, 9.17) is 10.3 Å². The zero-order chi connectivity index (χ0) is 10.4. The van der Waals surface area contributed by atoms with Gasteiger partial charge < -0.3 is 10.3 Å². The first kappa shape index (κ1) is 8.97. The maximum atomic E-state index is 5.85. The summed E-state index contributed by atoms with van der Waals surface area (Å²) in [5, 5.41) is 5.92. The molecule has 1 fully saturated rings. The Morgan fingerprint density at radius 2 is 2.40 bits per heavy atom. The first-order chi connectivity index (χ1) is 7.27. The fourth-order valence-corrected chi connectivity index (χ4v) is 2.71. The molecule has 0 spiro atoms.